The molecule has 0 bridgehead atoms. The molecule has 1 aromatic carbocycles. The molecule has 0 aliphatic carbocycles. The van der Waals surface area contributed by atoms with Crippen molar-refractivity contribution in [1.82, 2.24) is 4.98 Å². The molecule has 0 fully saturated rings. The maximum Gasteiger partial charge on any atom is 0.186 e. The molecule has 0 amide bonds. The Morgan fingerprint density at radius 3 is 2.67 bits per heavy atom. The van der Waals surface area contributed by atoms with E-state index in [0.717, 1.165) is 23.5 Å². The van der Waals surface area contributed by atoms with Crippen molar-refractivity contribution in [3.05, 3.63) is 52.0 Å². The van der Waals surface area contributed by atoms with Crippen LogP contribution in [0.3, 0.4) is 0 Å². The summed E-state index contributed by atoms with van der Waals surface area (Å²) in [5, 5.41) is 3.13. The highest BCUT2D eigenvalue weighted by atomic mass is 32.1. The molecule has 18 heavy (non-hydrogen) atoms. The molecular formula is C13H16N4S. The van der Waals surface area contributed by atoms with Crippen molar-refractivity contribution < 1.29 is 0 Å². The largest absolute Gasteiger partial charge is 0.370 e. The van der Waals surface area contributed by atoms with Crippen molar-refractivity contribution in [1.29, 1.82) is 0 Å². The molecule has 0 radical (unpaired) electrons. The normalized spacial score (nSPS) is 10.2. The number of benzene rings is 1. The lowest BCUT2D eigenvalue weighted by atomic mass is 10.1. The first-order valence-electron chi connectivity index (χ1n) is 5.76. The van der Waals surface area contributed by atoms with Crippen molar-refractivity contribution in [2.75, 3.05) is 0 Å². The summed E-state index contributed by atoms with van der Waals surface area (Å²) in [5.41, 5.74) is 12.8. The Bertz CT molecular complexity index is 515. The van der Waals surface area contributed by atoms with Crippen molar-refractivity contribution in [2.45, 2.75) is 19.4 Å². The van der Waals surface area contributed by atoms with Gasteiger partial charge in [0.25, 0.3) is 0 Å². The standard InChI is InChI=1S/C13H16N4S/c14-13(15)16-8-11-9-18-12(17-11)7-6-10-4-2-1-3-5-10/h1-5,9H,6-8H2,(H4,14,15,16). The average molecular weight is 260 g/mol. The number of aliphatic imine (C=N–C) groups is 1. The van der Waals surface area contributed by atoms with E-state index in [4.69, 9.17) is 11.5 Å². The molecule has 1 aromatic heterocycles. The molecule has 0 atom stereocenters. The summed E-state index contributed by atoms with van der Waals surface area (Å²) in [7, 11) is 0. The first-order valence-corrected chi connectivity index (χ1v) is 6.64. The van der Waals surface area contributed by atoms with Crippen LogP contribution >= 0.6 is 11.3 Å². The van der Waals surface area contributed by atoms with Crippen LogP contribution < -0.4 is 11.5 Å². The number of hydrogen-bond donors (Lipinski definition) is 2. The second kappa shape index (κ2) is 6.16. The Morgan fingerprint density at radius 2 is 1.94 bits per heavy atom. The van der Waals surface area contributed by atoms with E-state index in [2.05, 4.69) is 34.2 Å². The van der Waals surface area contributed by atoms with E-state index < -0.39 is 0 Å². The Morgan fingerprint density at radius 1 is 1.17 bits per heavy atom. The van der Waals surface area contributed by atoms with Crippen molar-refractivity contribution >= 4 is 17.3 Å². The van der Waals surface area contributed by atoms with Crippen LogP contribution in [0.1, 0.15) is 16.3 Å². The van der Waals surface area contributed by atoms with E-state index in [9.17, 15) is 0 Å². The Kier molecular flexibility index (Phi) is 4.30. The van der Waals surface area contributed by atoms with Crippen molar-refractivity contribution in [3.8, 4) is 0 Å². The van der Waals surface area contributed by atoms with Gasteiger partial charge in [0.05, 0.1) is 17.2 Å². The molecule has 4 nitrogen and oxygen atoms in total. The summed E-state index contributed by atoms with van der Waals surface area (Å²) >= 11 is 1.66. The van der Waals surface area contributed by atoms with Gasteiger partial charge in [-0.25, -0.2) is 9.98 Å². The third-order valence-electron chi connectivity index (χ3n) is 2.49. The monoisotopic (exact) mass is 260 g/mol. The molecule has 2 aromatic rings. The van der Waals surface area contributed by atoms with Crippen LogP contribution in [0.2, 0.25) is 0 Å². The minimum Gasteiger partial charge on any atom is -0.370 e. The van der Waals surface area contributed by atoms with Gasteiger partial charge in [-0.15, -0.1) is 11.3 Å². The zero-order valence-electron chi connectivity index (χ0n) is 10.0. The van der Waals surface area contributed by atoms with Gasteiger partial charge < -0.3 is 11.5 Å². The Balaban J connectivity index is 1.89. The molecule has 4 N–H and O–H groups in total. The van der Waals surface area contributed by atoms with Crippen LogP contribution in [0, 0.1) is 0 Å². The molecule has 0 aliphatic rings. The predicted molar refractivity (Wildman–Crippen MR) is 75.5 cm³/mol. The van der Waals surface area contributed by atoms with Crippen LogP contribution in [0.4, 0.5) is 0 Å². The third kappa shape index (κ3) is 3.85. The summed E-state index contributed by atoms with van der Waals surface area (Å²) < 4.78 is 0. The number of thiazole rings is 1. The van der Waals surface area contributed by atoms with E-state index >= 15 is 0 Å². The van der Waals surface area contributed by atoms with E-state index in [1.807, 2.05) is 11.4 Å². The van der Waals surface area contributed by atoms with E-state index in [1.54, 1.807) is 11.3 Å². The maximum absolute atomic E-state index is 5.29. The van der Waals surface area contributed by atoms with Gasteiger partial charge in [0.15, 0.2) is 5.96 Å². The number of guanidine groups is 1. The lowest BCUT2D eigenvalue weighted by Crippen LogP contribution is -2.22. The number of rotatable bonds is 5. The highest BCUT2D eigenvalue weighted by Crippen LogP contribution is 2.13. The molecule has 0 saturated carbocycles. The molecule has 5 heteroatoms. The Labute approximate surface area is 110 Å². The number of nitrogens with zero attached hydrogens (tertiary/aromatic N) is 2. The third-order valence-corrected chi connectivity index (χ3v) is 3.45. The average Bonchev–Trinajstić information content (AvgIpc) is 2.83. The van der Waals surface area contributed by atoms with Gasteiger partial charge >= 0.3 is 0 Å². The fourth-order valence-electron chi connectivity index (χ4n) is 1.60. The van der Waals surface area contributed by atoms with E-state index in [-0.39, 0.29) is 5.96 Å². The second-order valence-electron chi connectivity index (χ2n) is 3.96. The maximum atomic E-state index is 5.29. The van der Waals surface area contributed by atoms with Crippen LogP contribution in [-0.2, 0) is 19.4 Å². The van der Waals surface area contributed by atoms with Crippen LogP contribution in [0.15, 0.2) is 40.7 Å². The van der Waals surface area contributed by atoms with Gasteiger partial charge in [0.1, 0.15) is 0 Å². The summed E-state index contributed by atoms with van der Waals surface area (Å²) in [6.07, 6.45) is 1.96. The number of nitrogens with two attached hydrogens (primary N) is 2. The smallest absolute Gasteiger partial charge is 0.186 e. The number of aromatic nitrogens is 1. The summed E-state index contributed by atoms with van der Waals surface area (Å²) in [6, 6.07) is 10.4. The van der Waals surface area contributed by atoms with Crippen LogP contribution in [0.25, 0.3) is 0 Å². The van der Waals surface area contributed by atoms with Crippen LogP contribution in [0.5, 0.6) is 0 Å². The Hall–Kier alpha value is -1.88. The minimum absolute atomic E-state index is 0.105. The highest BCUT2D eigenvalue weighted by molar-refractivity contribution is 7.09. The van der Waals surface area contributed by atoms with Crippen LogP contribution in [-0.4, -0.2) is 10.9 Å². The minimum atomic E-state index is 0.105. The molecule has 1 heterocycles. The molecule has 0 spiro atoms. The SMILES string of the molecule is NC(N)=NCc1csc(CCc2ccccc2)n1. The fourth-order valence-corrected chi connectivity index (χ4v) is 2.39. The molecule has 94 valence electrons. The van der Waals surface area contributed by atoms with Gasteiger partial charge in [-0.05, 0) is 12.0 Å². The van der Waals surface area contributed by atoms with Gasteiger partial charge in [0.2, 0.25) is 0 Å². The quantitative estimate of drug-likeness (QED) is 0.634. The fraction of sp³-hybridized carbons (Fsp3) is 0.231. The summed E-state index contributed by atoms with van der Waals surface area (Å²) in [4.78, 5) is 8.44. The second-order valence-corrected chi connectivity index (χ2v) is 4.90. The van der Waals surface area contributed by atoms with Gasteiger partial charge in [-0.2, -0.15) is 0 Å². The zero-order chi connectivity index (χ0) is 12.8. The number of hydrogen-bond acceptors (Lipinski definition) is 3. The summed E-state index contributed by atoms with van der Waals surface area (Å²) in [6.45, 7) is 0.462. The van der Waals surface area contributed by atoms with Gasteiger partial charge in [-0.1, -0.05) is 30.3 Å². The molecule has 0 saturated heterocycles. The molecule has 0 unspecified atom stereocenters. The van der Waals surface area contributed by atoms with Crippen molar-refractivity contribution in [2.24, 2.45) is 16.5 Å². The van der Waals surface area contributed by atoms with E-state index in [1.165, 1.54) is 5.56 Å². The van der Waals surface area contributed by atoms with Gasteiger partial charge in [-0.3, -0.25) is 0 Å². The topological polar surface area (TPSA) is 77.3 Å². The zero-order valence-corrected chi connectivity index (χ0v) is 10.9. The van der Waals surface area contributed by atoms with Crippen molar-refractivity contribution in [3.63, 3.8) is 0 Å². The summed E-state index contributed by atoms with van der Waals surface area (Å²) in [5.74, 6) is 0.105. The number of aryl methyl sites for hydroxylation is 2. The predicted octanol–water partition coefficient (Wildman–Crippen LogP) is 1.70. The first kappa shape index (κ1) is 12.6. The molecule has 2 rings (SSSR count). The first-order chi connectivity index (χ1) is 8.74. The molecular weight excluding hydrogens is 244 g/mol. The highest BCUT2D eigenvalue weighted by Gasteiger charge is 2.02. The van der Waals surface area contributed by atoms with Gasteiger partial charge in [0, 0.05) is 11.8 Å². The molecule has 0 aliphatic heterocycles. The lowest BCUT2D eigenvalue weighted by Gasteiger charge is -1.97. The van der Waals surface area contributed by atoms with E-state index in [0.29, 0.717) is 6.54 Å². The lowest BCUT2D eigenvalue weighted by molar-refractivity contribution is 0.912.